The van der Waals surface area contributed by atoms with E-state index in [1.807, 2.05) is 4.90 Å². The summed E-state index contributed by atoms with van der Waals surface area (Å²) in [5.74, 6) is 1.56. The number of halogens is 1. The van der Waals surface area contributed by atoms with Crippen molar-refractivity contribution in [3.8, 4) is 0 Å². The average molecular weight is 508 g/mol. The first kappa shape index (κ1) is 23.7. The first-order valence-corrected chi connectivity index (χ1v) is 10.4. The average Bonchev–Trinajstić information content (AvgIpc) is 2.67. The molecule has 1 amide bonds. The van der Waals surface area contributed by atoms with E-state index in [1.165, 1.54) is 6.42 Å². The highest BCUT2D eigenvalue weighted by atomic mass is 127. The summed E-state index contributed by atoms with van der Waals surface area (Å²) < 4.78 is 11.0. The maximum Gasteiger partial charge on any atom is 0.248 e. The summed E-state index contributed by atoms with van der Waals surface area (Å²) in [5, 5.41) is 7.31. The fourth-order valence-corrected chi connectivity index (χ4v) is 4.94. The van der Waals surface area contributed by atoms with E-state index in [4.69, 9.17) is 9.47 Å². The third-order valence-electron chi connectivity index (χ3n) is 6.40. The second-order valence-electron chi connectivity index (χ2n) is 8.60. The molecular weight excluding hydrogens is 471 g/mol. The number of guanidine groups is 1. The lowest BCUT2D eigenvalue weighted by atomic mass is 9.55. The number of carbonyl (C=O) groups is 1. The van der Waals surface area contributed by atoms with Crippen LogP contribution in [0.2, 0.25) is 0 Å². The van der Waals surface area contributed by atoms with Gasteiger partial charge < -0.3 is 25.0 Å². The van der Waals surface area contributed by atoms with Gasteiger partial charge in [-0.15, -0.1) is 24.0 Å². The molecule has 2 heterocycles. The molecule has 8 heteroatoms. The predicted octanol–water partition coefficient (Wildman–Crippen LogP) is 2.00. The largest absolute Gasteiger partial charge is 0.377 e. The molecule has 162 valence electrons. The molecule has 0 radical (unpaired) electrons. The Morgan fingerprint density at radius 2 is 1.96 bits per heavy atom. The molecule has 28 heavy (non-hydrogen) atoms. The lowest BCUT2D eigenvalue weighted by Crippen LogP contribution is -2.71. The summed E-state index contributed by atoms with van der Waals surface area (Å²) in [4.78, 5) is 18.5. The summed E-state index contributed by atoms with van der Waals surface area (Å²) >= 11 is 0. The molecule has 1 saturated carbocycles. The number of fused-ring (bicyclic) bond motifs is 1. The third-order valence-corrected chi connectivity index (χ3v) is 6.40. The maximum absolute atomic E-state index is 12.0. The number of aliphatic imine (C=N–C) groups is 1. The molecule has 1 aliphatic carbocycles. The van der Waals surface area contributed by atoms with E-state index in [-0.39, 0.29) is 41.9 Å². The van der Waals surface area contributed by atoms with Crippen molar-refractivity contribution in [2.45, 2.75) is 64.6 Å². The number of piperidine rings is 1. The van der Waals surface area contributed by atoms with Crippen molar-refractivity contribution in [2.24, 2.45) is 16.3 Å². The van der Waals surface area contributed by atoms with Gasteiger partial charge in [0.2, 0.25) is 5.91 Å². The number of hydrogen-bond acceptors (Lipinski definition) is 4. The van der Waals surface area contributed by atoms with Crippen LogP contribution < -0.4 is 10.6 Å². The summed E-state index contributed by atoms with van der Waals surface area (Å²) in [6.45, 7) is 10.0. The smallest absolute Gasteiger partial charge is 0.248 e. The number of likely N-dealkylation sites (tertiary alicyclic amines) is 1. The van der Waals surface area contributed by atoms with Gasteiger partial charge in [-0.3, -0.25) is 9.79 Å². The predicted molar refractivity (Wildman–Crippen MR) is 121 cm³/mol. The van der Waals surface area contributed by atoms with E-state index in [9.17, 15) is 4.79 Å². The zero-order valence-electron chi connectivity index (χ0n) is 17.7. The Hall–Kier alpha value is -0.610. The fourth-order valence-electron chi connectivity index (χ4n) is 4.94. The Bertz CT molecular complexity index is 550. The second-order valence-corrected chi connectivity index (χ2v) is 8.60. The van der Waals surface area contributed by atoms with Gasteiger partial charge >= 0.3 is 0 Å². The Morgan fingerprint density at radius 3 is 2.61 bits per heavy atom. The van der Waals surface area contributed by atoms with Crippen LogP contribution in [0.5, 0.6) is 0 Å². The van der Waals surface area contributed by atoms with Gasteiger partial charge in [-0.05, 0) is 32.6 Å². The minimum atomic E-state index is 0. The van der Waals surface area contributed by atoms with Crippen LogP contribution in [-0.2, 0) is 14.3 Å². The number of nitrogens with zero attached hydrogens (tertiary/aromatic N) is 2. The number of carbonyl (C=O) groups excluding carboxylic acids is 1. The fraction of sp³-hybridized carbons (Fsp3) is 0.900. The lowest BCUT2D eigenvalue weighted by molar-refractivity contribution is -0.188. The quantitative estimate of drug-likeness (QED) is 0.338. The first-order chi connectivity index (χ1) is 13.0. The minimum Gasteiger partial charge on any atom is -0.377 e. The van der Waals surface area contributed by atoms with Gasteiger partial charge in [0, 0.05) is 56.8 Å². The molecule has 7 nitrogen and oxygen atoms in total. The number of nitrogens with one attached hydrogen (secondary N) is 2. The van der Waals surface area contributed by atoms with Gasteiger partial charge in [-0.25, -0.2) is 0 Å². The zero-order valence-corrected chi connectivity index (χ0v) is 20.0. The number of hydrogen-bond donors (Lipinski definition) is 2. The van der Waals surface area contributed by atoms with E-state index in [2.05, 4.69) is 36.4 Å². The van der Waals surface area contributed by atoms with E-state index in [1.54, 1.807) is 7.11 Å². The van der Waals surface area contributed by atoms with Crippen LogP contribution in [0.1, 0.15) is 46.5 Å². The molecule has 2 saturated heterocycles. The summed E-state index contributed by atoms with van der Waals surface area (Å²) in [7, 11) is 1.56. The molecule has 2 N–H and O–H groups in total. The Balaban J connectivity index is 0.00000280. The molecule has 3 aliphatic rings. The van der Waals surface area contributed by atoms with Gasteiger partial charge in [-0.1, -0.05) is 13.8 Å². The topological polar surface area (TPSA) is 75.2 Å². The number of methoxy groups -OCH3 is 1. The minimum absolute atomic E-state index is 0. The monoisotopic (exact) mass is 508 g/mol. The van der Waals surface area contributed by atoms with E-state index >= 15 is 0 Å². The van der Waals surface area contributed by atoms with E-state index < -0.39 is 0 Å². The Kier molecular flexibility index (Phi) is 8.81. The van der Waals surface area contributed by atoms with Gasteiger partial charge in [0.1, 0.15) is 6.61 Å². The molecule has 0 aromatic carbocycles. The van der Waals surface area contributed by atoms with Gasteiger partial charge in [0.15, 0.2) is 5.96 Å². The number of rotatable bonds is 5. The van der Waals surface area contributed by atoms with E-state index in [0.29, 0.717) is 24.1 Å². The molecule has 3 unspecified atom stereocenters. The zero-order chi connectivity index (χ0) is 19.4. The van der Waals surface area contributed by atoms with Crippen molar-refractivity contribution in [3.63, 3.8) is 0 Å². The second kappa shape index (κ2) is 10.4. The molecule has 0 aromatic heterocycles. The van der Waals surface area contributed by atoms with Crippen molar-refractivity contribution in [1.82, 2.24) is 15.5 Å². The molecule has 3 fully saturated rings. The number of ether oxygens (including phenoxy) is 2. The van der Waals surface area contributed by atoms with Gasteiger partial charge in [-0.2, -0.15) is 0 Å². The molecule has 0 bridgehead atoms. The van der Waals surface area contributed by atoms with Crippen LogP contribution in [0.25, 0.3) is 0 Å². The standard InChI is InChI=1S/C20H36N4O3.HI/c1-5-21-19(22-14-8-10-24(11-9-14)16(25)13-26-4)23-17-15-7-6-12-27-18(15)20(17,2)3;/h14-15,17-18H,5-13H2,1-4H3,(H2,21,22,23);1H. The Labute approximate surface area is 186 Å². The third kappa shape index (κ3) is 5.11. The van der Waals surface area contributed by atoms with Crippen LogP contribution in [0, 0.1) is 11.3 Å². The van der Waals surface area contributed by atoms with Crippen molar-refractivity contribution in [2.75, 3.05) is 40.0 Å². The van der Waals surface area contributed by atoms with Gasteiger partial charge in [0.05, 0.1) is 6.10 Å². The van der Waals surface area contributed by atoms with Crippen LogP contribution in [0.4, 0.5) is 0 Å². The molecule has 0 spiro atoms. The molecule has 3 rings (SSSR count). The normalized spacial score (nSPS) is 29.9. The molecule has 2 aliphatic heterocycles. The maximum atomic E-state index is 12.0. The van der Waals surface area contributed by atoms with E-state index in [0.717, 1.165) is 51.5 Å². The summed E-state index contributed by atoms with van der Waals surface area (Å²) in [6, 6.07) is 0.736. The van der Waals surface area contributed by atoms with Crippen LogP contribution in [0.15, 0.2) is 4.99 Å². The summed E-state index contributed by atoms with van der Waals surface area (Å²) in [6.07, 6.45) is 4.61. The SMILES string of the molecule is CCN=C(NC1CCN(C(=O)COC)CC1)NC1C2CCCOC2C1(C)C.I. The highest BCUT2D eigenvalue weighted by Gasteiger charge is 2.58. The van der Waals surface area contributed by atoms with Crippen molar-refractivity contribution < 1.29 is 14.3 Å². The van der Waals surface area contributed by atoms with Crippen LogP contribution >= 0.6 is 24.0 Å². The Morgan fingerprint density at radius 1 is 1.25 bits per heavy atom. The molecular formula is C20H37IN4O3. The van der Waals surface area contributed by atoms with Gasteiger partial charge in [0.25, 0.3) is 0 Å². The molecule has 0 aromatic rings. The molecule has 3 atom stereocenters. The highest BCUT2D eigenvalue weighted by Crippen LogP contribution is 2.51. The van der Waals surface area contributed by atoms with Crippen molar-refractivity contribution >= 4 is 35.8 Å². The van der Waals surface area contributed by atoms with Crippen molar-refractivity contribution in [1.29, 1.82) is 0 Å². The first-order valence-electron chi connectivity index (χ1n) is 10.4. The van der Waals surface area contributed by atoms with Crippen LogP contribution in [-0.4, -0.2) is 74.9 Å². The number of amides is 1. The van der Waals surface area contributed by atoms with Crippen LogP contribution in [0.3, 0.4) is 0 Å². The van der Waals surface area contributed by atoms with Crippen molar-refractivity contribution in [3.05, 3.63) is 0 Å². The summed E-state index contributed by atoms with van der Waals surface area (Å²) in [5.41, 5.74) is 0.122. The lowest BCUT2D eigenvalue weighted by Gasteiger charge is -2.60. The highest BCUT2D eigenvalue weighted by molar-refractivity contribution is 14.0.